The lowest BCUT2D eigenvalue weighted by Gasteiger charge is -2.10. The van der Waals surface area contributed by atoms with Gasteiger partial charge in [-0.15, -0.1) is 0 Å². The molecule has 0 saturated carbocycles. The molecule has 0 aliphatic carbocycles. The molecule has 0 spiro atoms. The van der Waals surface area contributed by atoms with E-state index >= 15 is 0 Å². The SMILES string of the molecule is Cc1cc(S(=O)(=O)Cl)ccc1-c1cc2nc(C(=O)N(C)C)cc(C)n2n1. The number of carbonyl (C=O) groups excluding carboxylic acids is 1. The van der Waals surface area contributed by atoms with Crippen molar-refractivity contribution in [2.24, 2.45) is 0 Å². The predicted octanol–water partition coefficient (Wildman–Crippen LogP) is 2.64. The first-order valence-corrected chi connectivity index (χ1v) is 10.0. The maximum absolute atomic E-state index is 12.2. The van der Waals surface area contributed by atoms with Gasteiger partial charge in [-0.05, 0) is 37.6 Å². The lowest BCUT2D eigenvalue weighted by atomic mass is 10.1. The summed E-state index contributed by atoms with van der Waals surface area (Å²) in [5.41, 5.74) is 3.76. The Morgan fingerprint density at radius 1 is 1.15 bits per heavy atom. The number of aromatic nitrogens is 3. The van der Waals surface area contributed by atoms with Crippen molar-refractivity contribution in [2.75, 3.05) is 14.1 Å². The molecule has 0 radical (unpaired) electrons. The van der Waals surface area contributed by atoms with Crippen LogP contribution >= 0.6 is 10.7 Å². The molecular formula is C17H17ClN4O3S. The van der Waals surface area contributed by atoms with E-state index in [-0.39, 0.29) is 10.8 Å². The maximum atomic E-state index is 12.2. The van der Waals surface area contributed by atoms with Gasteiger partial charge in [0.25, 0.3) is 15.0 Å². The molecule has 3 rings (SSSR count). The fourth-order valence-corrected chi connectivity index (χ4v) is 3.51. The van der Waals surface area contributed by atoms with E-state index in [0.29, 0.717) is 17.0 Å². The van der Waals surface area contributed by atoms with Crippen molar-refractivity contribution in [3.63, 3.8) is 0 Å². The Bertz CT molecular complexity index is 1140. The first-order valence-electron chi connectivity index (χ1n) is 7.72. The van der Waals surface area contributed by atoms with Crippen LogP contribution in [-0.4, -0.2) is 47.9 Å². The van der Waals surface area contributed by atoms with Crippen molar-refractivity contribution >= 4 is 31.3 Å². The van der Waals surface area contributed by atoms with Crippen LogP contribution in [-0.2, 0) is 9.05 Å². The molecule has 2 aromatic heterocycles. The summed E-state index contributed by atoms with van der Waals surface area (Å²) >= 11 is 0. The van der Waals surface area contributed by atoms with Gasteiger partial charge in [-0.1, -0.05) is 6.07 Å². The largest absolute Gasteiger partial charge is 0.343 e. The monoisotopic (exact) mass is 392 g/mol. The van der Waals surface area contributed by atoms with Gasteiger partial charge >= 0.3 is 0 Å². The second-order valence-electron chi connectivity index (χ2n) is 6.20. The van der Waals surface area contributed by atoms with Crippen LogP contribution in [0.25, 0.3) is 16.9 Å². The summed E-state index contributed by atoms with van der Waals surface area (Å²) in [5.74, 6) is -0.189. The Kier molecular flexibility index (Phi) is 4.49. The minimum atomic E-state index is -3.79. The smallest absolute Gasteiger partial charge is 0.272 e. The highest BCUT2D eigenvalue weighted by Gasteiger charge is 2.17. The van der Waals surface area contributed by atoms with E-state index in [1.54, 1.807) is 43.7 Å². The zero-order valence-electron chi connectivity index (χ0n) is 14.7. The molecule has 0 bridgehead atoms. The van der Waals surface area contributed by atoms with Crippen molar-refractivity contribution in [2.45, 2.75) is 18.7 Å². The average Bonchev–Trinajstić information content (AvgIpc) is 2.97. The zero-order chi connectivity index (χ0) is 19.2. The fraction of sp³-hybridized carbons (Fsp3) is 0.235. The lowest BCUT2D eigenvalue weighted by molar-refractivity contribution is 0.0822. The highest BCUT2D eigenvalue weighted by Crippen LogP contribution is 2.27. The van der Waals surface area contributed by atoms with E-state index in [2.05, 4.69) is 10.1 Å². The summed E-state index contributed by atoms with van der Waals surface area (Å²) in [6.45, 7) is 3.63. The number of halogens is 1. The summed E-state index contributed by atoms with van der Waals surface area (Å²) in [4.78, 5) is 18.1. The van der Waals surface area contributed by atoms with Crippen molar-refractivity contribution in [1.29, 1.82) is 0 Å². The van der Waals surface area contributed by atoms with Gasteiger partial charge in [0.05, 0.1) is 10.6 Å². The lowest BCUT2D eigenvalue weighted by Crippen LogP contribution is -2.23. The maximum Gasteiger partial charge on any atom is 0.272 e. The number of benzene rings is 1. The third-order valence-electron chi connectivity index (χ3n) is 3.99. The molecule has 0 aliphatic rings. The summed E-state index contributed by atoms with van der Waals surface area (Å²) in [7, 11) is 4.94. The molecule has 136 valence electrons. The highest BCUT2D eigenvalue weighted by atomic mass is 35.7. The number of aryl methyl sites for hydroxylation is 2. The topological polar surface area (TPSA) is 84.6 Å². The molecule has 1 aromatic carbocycles. The van der Waals surface area contributed by atoms with Crippen LogP contribution in [0.1, 0.15) is 21.7 Å². The quantitative estimate of drug-likeness (QED) is 0.640. The molecule has 7 nitrogen and oxygen atoms in total. The van der Waals surface area contributed by atoms with Crippen LogP contribution in [0.4, 0.5) is 0 Å². The van der Waals surface area contributed by atoms with Gasteiger partial charge in [0.1, 0.15) is 5.69 Å². The first kappa shape index (κ1) is 18.3. The van der Waals surface area contributed by atoms with E-state index in [1.165, 1.54) is 17.0 Å². The predicted molar refractivity (Wildman–Crippen MR) is 99.0 cm³/mol. The molecule has 0 N–H and O–H groups in total. The molecule has 0 atom stereocenters. The van der Waals surface area contributed by atoms with E-state index in [9.17, 15) is 13.2 Å². The van der Waals surface area contributed by atoms with Gasteiger partial charge in [-0.3, -0.25) is 4.79 Å². The van der Waals surface area contributed by atoms with Gasteiger partial charge < -0.3 is 4.90 Å². The van der Waals surface area contributed by atoms with Crippen molar-refractivity contribution in [1.82, 2.24) is 19.5 Å². The summed E-state index contributed by atoms with van der Waals surface area (Å²) in [6, 6.07) is 8.05. The molecule has 0 unspecified atom stereocenters. The van der Waals surface area contributed by atoms with Crippen LogP contribution in [0.5, 0.6) is 0 Å². The van der Waals surface area contributed by atoms with E-state index in [0.717, 1.165) is 16.8 Å². The number of hydrogen-bond acceptors (Lipinski definition) is 5. The molecule has 1 amide bonds. The third-order valence-corrected chi connectivity index (χ3v) is 5.34. The summed E-state index contributed by atoms with van der Waals surface area (Å²) in [5, 5.41) is 4.53. The fourth-order valence-electron chi connectivity index (χ4n) is 2.67. The standard InChI is InChI=1S/C17H17ClN4O3S/c1-10-7-12(26(18,24)25)5-6-13(10)14-9-16-19-15(17(23)21(3)4)8-11(2)22(16)20-14/h5-9H,1-4H3. The van der Waals surface area contributed by atoms with Crippen LogP contribution in [0.2, 0.25) is 0 Å². The summed E-state index contributed by atoms with van der Waals surface area (Å²) in [6.07, 6.45) is 0. The Morgan fingerprint density at radius 2 is 1.85 bits per heavy atom. The van der Waals surface area contributed by atoms with Crippen molar-refractivity contribution in [3.8, 4) is 11.3 Å². The van der Waals surface area contributed by atoms with Crippen molar-refractivity contribution in [3.05, 3.63) is 47.3 Å². The number of nitrogens with zero attached hydrogens (tertiary/aromatic N) is 4. The number of carbonyl (C=O) groups is 1. The molecule has 0 fully saturated rings. The molecule has 2 heterocycles. The Balaban J connectivity index is 2.13. The summed E-state index contributed by atoms with van der Waals surface area (Å²) < 4.78 is 24.6. The number of rotatable bonds is 3. The van der Waals surface area contributed by atoms with Crippen LogP contribution < -0.4 is 0 Å². The van der Waals surface area contributed by atoms with E-state index in [1.807, 2.05) is 6.92 Å². The van der Waals surface area contributed by atoms with Crippen LogP contribution in [0.3, 0.4) is 0 Å². The molecule has 3 aromatic rings. The minimum absolute atomic E-state index is 0.0392. The van der Waals surface area contributed by atoms with Crippen LogP contribution in [0.15, 0.2) is 35.2 Å². The third kappa shape index (κ3) is 3.30. The first-order chi connectivity index (χ1) is 12.1. The molecule has 26 heavy (non-hydrogen) atoms. The highest BCUT2D eigenvalue weighted by molar-refractivity contribution is 8.13. The second-order valence-corrected chi connectivity index (χ2v) is 8.76. The molecular weight excluding hydrogens is 376 g/mol. The molecule has 9 heteroatoms. The number of fused-ring (bicyclic) bond motifs is 1. The number of hydrogen-bond donors (Lipinski definition) is 0. The zero-order valence-corrected chi connectivity index (χ0v) is 16.3. The Morgan fingerprint density at radius 3 is 2.42 bits per heavy atom. The van der Waals surface area contributed by atoms with Gasteiger partial charge in [0.2, 0.25) is 0 Å². The molecule has 0 aliphatic heterocycles. The van der Waals surface area contributed by atoms with E-state index in [4.69, 9.17) is 10.7 Å². The Hall–Kier alpha value is -2.45. The normalized spacial score (nSPS) is 11.7. The van der Waals surface area contributed by atoms with Gasteiger partial charge in [-0.25, -0.2) is 17.9 Å². The van der Waals surface area contributed by atoms with E-state index < -0.39 is 9.05 Å². The average molecular weight is 393 g/mol. The molecule has 0 saturated heterocycles. The Labute approximate surface area is 155 Å². The van der Waals surface area contributed by atoms with Crippen molar-refractivity contribution < 1.29 is 13.2 Å². The van der Waals surface area contributed by atoms with Crippen LogP contribution in [0, 0.1) is 13.8 Å². The van der Waals surface area contributed by atoms with Gasteiger partial charge in [0, 0.05) is 42.1 Å². The second kappa shape index (κ2) is 6.37. The number of amides is 1. The minimum Gasteiger partial charge on any atom is -0.343 e. The van der Waals surface area contributed by atoms with Gasteiger partial charge in [-0.2, -0.15) is 5.10 Å². The van der Waals surface area contributed by atoms with Gasteiger partial charge in [0.15, 0.2) is 5.65 Å².